The second kappa shape index (κ2) is 35.2. The van der Waals surface area contributed by atoms with E-state index in [2.05, 4.69) is 55.1 Å². The van der Waals surface area contributed by atoms with Crippen molar-refractivity contribution in [1.29, 1.82) is 0 Å². The second-order valence-corrected chi connectivity index (χ2v) is 30.8. The maximum Gasteiger partial charge on any atom is 0.490 e. The van der Waals surface area contributed by atoms with Gasteiger partial charge in [-0.15, -0.1) is 0 Å². The number of nitrogens with one attached hydrogen (secondary N) is 2. The lowest BCUT2D eigenvalue weighted by atomic mass is 9.81. The Morgan fingerprint density at radius 3 is 1.97 bits per heavy atom. The summed E-state index contributed by atoms with van der Waals surface area (Å²) in [7, 11) is -25.9. The zero-order valence-corrected chi connectivity index (χ0v) is 59.2. The van der Waals surface area contributed by atoms with Crippen molar-refractivity contribution < 1.29 is 125 Å². The van der Waals surface area contributed by atoms with Crippen LogP contribution in [0, 0.1) is 11.8 Å². The quantitative estimate of drug-likeness (QED) is 0.00751. The summed E-state index contributed by atoms with van der Waals surface area (Å²) in [6.07, 6.45) is 7.96. The van der Waals surface area contributed by atoms with Crippen LogP contribution < -0.4 is 21.3 Å². The largest absolute Gasteiger partial charge is 0.490 e. The standard InChI is InChI=1S/C60H83N8O26P3S2/c1-6-66-46-20-18-42(98(80,81)82)36-44(46)59(2,3)49(66)15-9-7-10-16-50-60(4,5)45-37-43(99(83,84)85)19-21-47(45)67(50)25-12-8-11-17-51(69)63-24-27-87-29-31-89-33-35-90-34-32-88-30-28-86-26-22-52(70)62-23-13-14-41-38-68(57-53(41)56(61)64-40-65-57)58-55(72)54(71)48(92-58)39-91-96(76,77)94-97(78,79)93-95(73,74)75/h7,9-10,15-16,18-21,36-38,40,48,54-55,58,71-72H,6,8,11-12,17,22-35,39H2,1-5H3,(H9-,61,62,63,64,65,69,70,73,74,75,76,77,78,79,80,81,82,83,84,85)/p+1/t48-,54-,55-,58-/m1/s1. The Morgan fingerprint density at radius 2 is 1.34 bits per heavy atom. The number of benzene rings is 2. The monoisotopic (exact) mass is 1490 g/mol. The molecule has 0 bridgehead atoms. The summed E-state index contributed by atoms with van der Waals surface area (Å²) in [6, 6.07) is 9.21. The van der Waals surface area contributed by atoms with Gasteiger partial charge in [0.25, 0.3) is 20.2 Å². The van der Waals surface area contributed by atoms with Crippen molar-refractivity contribution in [2.45, 2.75) is 112 Å². The first-order valence-corrected chi connectivity index (χ1v) is 38.5. The summed E-state index contributed by atoms with van der Waals surface area (Å²) in [5, 5.41) is 27.2. The summed E-state index contributed by atoms with van der Waals surface area (Å²) in [4.78, 5) is 71.6. The number of hydrogen-bond acceptors (Lipinski definition) is 24. The topological polar surface area (TPSA) is 486 Å². The fourth-order valence-electron chi connectivity index (χ4n) is 11.1. The first-order chi connectivity index (χ1) is 46.6. The van der Waals surface area contributed by atoms with Crippen molar-refractivity contribution in [3.63, 3.8) is 0 Å². The molecule has 12 N–H and O–H groups in total. The van der Waals surface area contributed by atoms with E-state index in [1.807, 2.05) is 65.0 Å². The number of aromatic nitrogens is 3. The van der Waals surface area contributed by atoms with Crippen LogP contribution >= 0.6 is 23.5 Å². The highest BCUT2D eigenvalue weighted by Gasteiger charge is 2.48. The molecule has 546 valence electrons. The van der Waals surface area contributed by atoms with Gasteiger partial charge < -0.3 is 84.0 Å². The normalized spacial score (nSPS) is 20.0. The molecule has 2 amide bonds. The molecule has 5 heterocycles. The van der Waals surface area contributed by atoms with Gasteiger partial charge in [0.05, 0.1) is 105 Å². The molecule has 1 saturated heterocycles. The molecular weight excluding hydrogens is 1410 g/mol. The predicted molar refractivity (Wildman–Crippen MR) is 356 cm³/mol. The highest BCUT2D eigenvalue weighted by molar-refractivity contribution is 7.86. The van der Waals surface area contributed by atoms with Gasteiger partial charge in [-0.2, -0.15) is 30.0 Å². The molecule has 0 radical (unpaired) electrons. The van der Waals surface area contributed by atoms with Gasteiger partial charge in [-0.1, -0.05) is 43.9 Å². The number of nitrogens with two attached hydrogens (primary N) is 1. The summed E-state index contributed by atoms with van der Waals surface area (Å²) < 4.78 is 151. The number of likely N-dealkylation sites (N-methyl/N-ethyl adjacent to an activating group) is 1. The number of fused-ring (bicyclic) bond motifs is 3. The van der Waals surface area contributed by atoms with E-state index < -0.39 is 85.7 Å². The van der Waals surface area contributed by atoms with Crippen LogP contribution in [0.4, 0.5) is 17.2 Å². The first kappa shape index (κ1) is 80.3. The smallest absolute Gasteiger partial charge is 0.387 e. The number of carbonyl (C=O) groups is 2. The molecule has 6 atom stereocenters. The number of rotatable bonds is 39. The van der Waals surface area contributed by atoms with E-state index in [4.69, 9.17) is 43.9 Å². The maximum atomic E-state index is 12.7. The van der Waals surface area contributed by atoms with Gasteiger partial charge in [-0.25, -0.2) is 23.7 Å². The van der Waals surface area contributed by atoms with Crippen LogP contribution in [-0.2, 0) is 95.9 Å². The van der Waals surface area contributed by atoms with Gasteiger partial charge in [-0.05, 0) is 75.6 Å². The Kier molecular flexibility index (Phi) is 28.6. The number of aliphatic hydroxyl groups excluding tert-OH is 2. The minimum atomic E-state index is -5.82. The second-order valence-electron chi connectivity index (χ2n) is 23.5. The average molecular weight is 1490 g/mol. The molecule has 0 saturated carbocycles. The molecule has 39 heteroatoms. The molecule has 2 aromatic heterocycles. The number of carbonyl (C=O) groups excluding carboxylic acids is 2. The maximum absolute atomic E-state index is 12.7. The molecule has 2 unspecified atom stereocenters. The summed E-state index contributed by atoms with van der Waals surface area (Å²) in [6.45, 7) is 13.1. The number of hydrogen-bond donors (Lipinski definition) is 11. The van der Waals surface area contributed by atoms with E-state index in [0.29, 0.717) is 78.7 Å². The van der Waals surface area contributed by atoms with E-state index >= 15 is 0 Å². The van der Waals surface area contributed by atoms with Gasteiger partial charge in [0.1, 0.15) is 42.6 Å². The Balaban J connectivity index is 0.709. The summed E-state index contributed by atoms with van der Waals surface area (Å²) >= 11 is 0. The van der Waals surface area contributed by atoms with Gasteiger partial charge in [0, 0.05) is 73.1 Å². The molecule has 99 heavy (non-hydrogen) atoms. The van der Waals surface area contributed by atoms with E-state index in [0.717, 1.165) is 53.1 Å². The van der Waals surface area contributed by atoms with E-state index in [-0.39, 0.29) is 76.8 Å². The first-order valence-electron chi connectivity index (χ1n) is 31.1. The SMILES string of the molecule is CCN1C(=CC=CC=CC2=[N+](CCCCCC(=O)NCCOCCOCCOCCOCCOCCC(=O)NCC#Cc3cn([C@@H]4O[C@H](COP(=O)(O)OP(=O)(O)OP(=O)(O)O)[C@@H](O)[C@H]4O)c4ncnc(N)c34)c3ccc(S(=O)(=O)O)cc3C2(C)C)C(C)(C)c2cc(S(=O)(=O)O)ccc21. The van der Waals surface area contributed by atoms with Crippen molar-refractivity contribution >= 4 is 89.5 Å². The number of phosphoric ester groups is 1. The molecule has 4 aromatic rings. The fraction of sp³-hybridized carbons (Fsp3) is 0.517. The number of anilines is 2. The highest BCUT2D eigenvalue weighted by Crippen LogP contribution is 2.66. The Bertz CT molecular complexity index is 4110. The van der Waals surface area contributed by atoms with Gasteiger partial charge >= 0.3 is 23.5 Å². The number of ether oxygens (including phenoxy) is 6. The molecule has 0 aliphatic carbocycles. The van der Waals surface area contributed by atoms with Gasteiger partial charge in [0.15, 0.2) is 11.9 Å². The fourth-order valence-corrected chi connectivity index (χ4v) is 15.2. The summed E-state index contributed by atoms with van der Waals surface area (Å²) in [5.41, 5.74) is 10.2. The van der Waals surface area contributed by atoms with Crippen molar-refractivity contribution in [3.8, 4) is 11.8 Å². The van der Waals surface area contributed by atoms with Crippen LogP contribution in [-0.4, -0.2) is 210 Å². The van der Waals surface area contributed by atoms with E-state index in [9.17, 15) is 69.2 Å². The molecule has 1 fully saturated rings. The third-order valence-corrected chi connectivity index (χ3v) is 21.4. The minimum absolute atomic E-state index is 0.0139. The van der Waals surface area contributed by atoms with Crippen molar-refractivity contribution in [3.05, 3.63) is 102 Å². The zero-order valence-electron chi connectivity index (χ0n) is 54.9. The number of phosphoric acid groups is 3. The Morgan fingerprint density at radius 1 is 0.737 bits per heavy atom. The third kappa shape index (κ3) is 22.5. The molecule has 3 aliphatic heterocycles. The lowest BCUT2D eigenvalue weighted by Crippen LogP contribution is -2.33. The zero-order chi connectivity index (χ0) is 72.6. The molecule has 7 rings (SSSR count). The van der Waals surface area contributed by atoms with Crippen LogP contribution in [0.2, 0.25) is 0 Å². The number of aliphatic hydroxyl groups is 2. The van der Waals surface area contributed by atoms with E-state index in [1.54, 1.807) is 12.1 Å². The summed E-state index contributed by atoms with van der Waals surface area (Å²) in [5.74, 6) is 5.10. The predicted octanol–water partition coefficient (Wildman–Crippen LogP) is 3.98. The van der Waals surface area contributed by atoms with Crippen LogP contribution in [0.3, 0.4) is 0 Å². The lowest BCUT2D eigenvalue weighted by molar-refractivity contribution is -0.438. The van der Waals surface area contributed by atoms with Crippen LogP contribution in [0.25, 0.3) is 11.0 Å². The van der Waals surface area contributed by atoms with E-state index in [1.165, 1.54) is 35.0 Å². The number of allylic oxidation sites excluding steroid dienone is 6. The number of amides is 2. The van der Waals surface area contributed by atoms with Gasteiger partial charge in [0.2, 0.25) is 17.5 Å². The number of unbranched alkanes of at least 4 members (excludes halogenated alkanes) is 2. The Labute approximate surface area is 572 Å². The molecule has 2 aromatic carbocycles. The molecule has 3 aliphatic rings. The lowest BCUT2D eigenvalue weighted by Gasteiger charge is -2.25. The third-order valence-electron chi connectivity index (χ3n) is 15.8. The average Bonchev–Trinajstić information content (AvgIpc) is 1.61. The van der Waals surface area contributed by atoms with Crippen molar-refractivity contribution in [2.75, 3.05) is 109 Å². The van der Waals surface area contributed by atoms with Crippen molar-refractivity contribution in [1.82, 2.24) is 25.2 Å². The Hall–Kier alpha value is -6.04. The molecular formula is C60H84N8O26P3S2+. The van der Waals surface area contributed by atoms with Crippen LogP contribution in [0.5, 0.6) is 0 Å². The number of nitrogen functional groups attached to an aromatic ring is 1. The van der Waals surface area contributed by atoms with Crippen LogP contribution in [0.1, 0.15) is 89.6 Å². The number of nitrogens with zero attached hydrogens (tertiary/aromatic N) is 5. The van der Waals surface area contributed by atoms with Crippen molar-refractivity contribution in [2.24, 2.45) is 0 Å². The minimum Gasteiger partial charge on any atom is -0.387 e. The highest BCUT2D eigenvalue weighted by atomic mass is 32.2. The van der Waals surface area contributed by atoms with Crippen LogP contribution in [0.15, 0.2) is 94.8 Å². The van der Waals surface area contributed by atoms with Gasteiger partial charge in [-0.3, -0.25) is 23.2 Å². The molecule has 34 nitrogen and oxygen atoms in total. The molecule has 0 spiro atoms.